The Kier molecular flexibility index (Phi) is 3.85. The molecule has 0 aliphatic carbocycles. The molecule has 0 spiro atoms. The Hall–Kier alpha value is -2.00. The Balaban J connectivity index is 2.31. The molecule has 3 nitrogen and oxygen atoms in total. The molecule has 2 N–H and O–H groups in total. The van der Waals surface area contributed by atoms with E-state index in [1.807, 2.05) is 48.5 Å². The fraction of sp³-hybridized carbons (Fsp3) is 0.200. The van der Waals surface area contributed by atoms with Crippen molar-refractivity contribution >= 4 is 0 Å². The first-order valence-electron chi connectivity index (χ1n) is 5.78. The van der Waals surface area contributed by atoms with Gasteiger partial charge in [0, 0.05) is 0 Å². The zero-order valence-electron chi connectivity index (χ0n) is 10.6. The number of hydrogen-bond acceptors (Lipinski definition) is 3. The Morgan fingerprint density at radius 2 is 1.28 bits per heavy atom. The fourth-order valence-corrected chi connectivity index (χ4v) is 1.86. The first kappa shape index (κ1) is 12.5. The van der Waals surface area contributed by atoms with Crippen molar-refractivity contribution in [3.63, 3.8) is 0 Å². The van der Waals surface area contributed by atoms with E-state index in [0.717, 1.165) is 22.6 Å². The third-order valence-electron chi connectivity index (χ3n) is 2.91. The maximum atomic E-state index is 6.25. The zero-order chi connectivity index (χ0) is 13.0. The highest BCUT2D eigenvalue weighted by Crippen LogP contribution is 2.25. The van der Waals surface area contributed by atoms with E-state index in [1.54, 1.807) is 14.2 Å². The monoisotopic (exact) mass is 243 g/mol. The second-order valence-electron chi connectivity index (χ2n) is 4.03. The fourth-order valence-electron chi connectivity index (χ4n) is 1.86. The van der Waals surface area contributed by atoms with Crippen LogP contribution in [0.5, 0.6) is 11.5 Å². The number of hydrogen-bond donors (Lipinski definition) is 1. The lowest BCUT2D eigenvalue weighted by Gasteiger charge is -2.14. The summed E-state index contributed by atoms with van der Waals surface area (Å²) in [5, 5.41) is 0. The van der Waals surface area contributed by atoms with Crippen LogP contribution in [0, 0.1) is 0 Å². The van der Waals surface area contributed by atoms with Gasteiger partial charge in [0.25, 0.3) is 0 Å². The molecule has 94 valence electrons. The van der Waals surface area contributed by atoms with Crippen molar-refractivity contribution in [1.82, 2.24) is 0 Å². The van der Waals surface area contributed by atoms with E-state index in [-0.39, 0.29) is 6.04 Å². The molecule has 0 unspecified atom stereocenters. The molecule has 0 amide bonds. The van der Waals surface area contributed by atoms with Gasteiger partial charge in [-0.1, -0.05) is 24.3 Å². The first-order chi connectivity index (χ1) is 8.74. The molecule has 0 atom stereocenters. The summed E-state index contributed by atoms with van der Waals surface area (Å²) < 4.78 is 10.4. The standard InChI is InChI=1S/C15H17NO2/c1-17-13-7-3-5-11(9-13)15(16)12-6-4-8-14(10-12)18-2/h3-10,15H,16H2,1-2H3. The summed E-state index contributed by atoms with van der Waals surface area (Å²) in [6.45, 7) is 0. The van der Waals surface area contributed by atoms with Crippen LogP contribution < -0.4 is 15.2 Å². The Morgan fingerprint density at radius 1 is 0.833 bits per heavy atom. The summed E-state index contributed by atoms with van der Waals surface area (Å²) in [5.74, 6) is 1.62. The number of ether oxygens (including phenoxy) is 2. The topological polar surface area (TPSA) is 44.5 Å². The quantitative estimate of drug-likeness (QED) is 0.898. The second kappa shape index (κ2) is 5.56. The van der Waals surface area contributed by atoms with E-state index in [9.17, 15) is 0 Å². The van der Waals surface area contributed by atoms with Crippen LogP contribution in [0.4, 0.5) is 0 Å². The smallest absolute Gasteiger partial charge is 0.119 e. The summed E-state index contributed by atoms with van der Waals surface area (Å²) in [6, 6.07) is 15.4. The van der Waals surface area contributed by atoms with Crippen LogP contribution in [0.25, 0.3) is 0 Å². The molecule has 2 rings (SSSR count). The van der Waals surface area contributed by atoms with Crippen molar-refractivity contribution in [1.29, 1.82) is 0 Å². The van der Waals surface area contributed by atoms with E-state index in [0.29, 0.717) is 0 Å². The van der Waals surface area contributed by atoms with Gasteiger partial charge in [0.2, 0.25) is 0 Å². The average Bonchev–Trinajstić information content (AvgIpc) is 2.46. The summed E-state index contributed by atoms with van der Waals surface area (Å²) in [6.07, 6.45) is 0. The van der Waals surface area contributed by atoms with Crippen molar-refractivity contribution < 1.29 is 9.47 Å². The van der Waals surface area contributed by atoms with Gasteiger partial charge in [-0.15, -0.1) is 0 Å². The van der Waals surface area contributed by atoms with Gasteiger partial charge >= 0.3 is 0 Å². The molecule has 0 aliphatic rings. The van der Waals surface area contributed by atoms with E-state index in [1.165, 1.54) is 0 Å². The van der Waals surface area contributed by atoms with Gasteiger partial charge in [0.15, 0.2) is 0 Å². The third kappa shape index (κ3) is 2.63. The SMILES string of the molecule is COc1cccc(C(N)c2cccc(OC)c2)c1. The number of methoxy groups -OCH3 is 2. The number of rotatable bonds is 4. The largest absolute Gasteiger partial charge is 0.497 e. The minimum Gasteiger partial charge on any atom is -0.497 e. The molecule has 0 bridgehead atoms. The van der Waals surface area contributed by atoms with Crippen LogP contribution in [-0.4, -0.2) is 14.2 Å². The van der Waals surface area contributed by atoms with Crippen LogP contribution in [0.2, 0.25) is 0 Å². The van der Waals surface area contributed by atoms with E-state index in [2.05, 4.69) is 0 Å². The molecule has 0 fully saturated rings. The predicted molar refractivity (Wildman–Crippen MR) is 72.0 cm³/mol. The minimum absolute atomic E-state index is 0.185. The molecule has 2 aromatic rings. The Bertz CT molecular complexity index is 478. The third-order valence-corrected chi connectivity index (χ3v) is 2.91. The Labute approximate surface area is 107 Å². The summed E-state index contributed by atoms with van der Waals surface area (Å²) in [7, 11) is 3.30. The highest BCUT2D eigenvalue weighted by atomic mass is 16.5. The molecule has 0 radical (unpaired) electrons. The summed E-state index contributed by atoms with van der Waals surface area (Å²) in [5.41, 5.74) is 8.28. The van der Waals surface area contributed by atoms with Gasteiger partial charge in [-0.05, 0) is 35.4 Å². The van der Waals surface area contributed by atoms with Crippen LogP contribution in [0.3, 0.4) is 0 Å². The molecular formula is C15H17NO2. The lowest BCUT2D eigenvalue weighted by atomic mass is 9.99. The summed E-state index contributed by atoms with van der Waals surface area (Å²) >= 11 is 0. The van der Waals surface area contributed by atoms with Gasteiger partial charge < -0.3 is 15.2 Å². The summed E-state index contributed by atoms with van der Waals surface area (Å²) in [4.78, 5) is 0. The van der Waals surface area contributed by atoms with Gasteiger partial charge in [0.05, 0.1) is 20.3 Å². The Morgan fingerprint density at radius 3 is 1.67 bits per heavy atom. The normalized spacial score (nSPS) is 10.4. The van der Waals surface area contributed by atoms with Crippen molar-refractivity contribution in [2.45, 2.75) is 6.04 Å². The van der Waals surface area contributed by atoms with Crippen molar-refractivity contribution in [2.75, 3.05) is 14.2 Å². The molecule has 0 saturated heterocycles. The second-order valence-corrected chi connectivity index (χ2v) is 4.03. The van der Waals surface area contributed by atoms with E-state index in [4.69, 9.17) is 15.2 Å². The molecule has 18 heavy (non-hydrogen) atoms. The zero-order valence-corrected chi connectivity index (χ0v) is 10.6. The molecule has 2 aromatic carbocycles. The highest BCUT2D eigenvalue weighted by Gasteiger charge is 2.10. The maximum Gasteiger partial charge on any atom is 0.119 e. The first-order valence-corrected chi connectivity index (χ1v) is 5.78. The maximum absolute atomic E-state index is 6.25. The van der Waals surface area contributed by atoms with Crippen LogP contribution in [-0.2, 0) is 0 Å². The van der Waals surface area contributed by atoms with Crippen LogP contribution in [0.15, 0.2) is 48.5 Å². The van der Waals surface area contributed by atoms with Crippen molar-refractivity contribution in [3.8, 4) is 11.5 Å². The van der Waals surface area contributed by atoms with Gasteiger partial charge in [-0.25, -0.2) is 0 Å². The molecule has 0 saturated carbocycles. The van der Waals surface area contributed by atoms with Gasteiger partial charge in [-0.2, -0.15) is 0 Å². The minimum atomic E-state index is -0.185. The number of nitrogens with two attached hydrogens (primary N) is 1. The van der Waals surface area contributed by atoms with Crippen molar-refractivity contribution in [3.05, 3.63) is 59.7 Å². The van der Waals surface area contributed by atoms with Crippen molar-refractivity contribution in [2.24, 2.45) is 5.73 Å². The van der Waals surface area contributed by atoms with E-state index >= 15 is 0 Å². The molecule has 3 heteroatoms. The molecule has 0 heterocycles. The lowest BCUT2D eigenvalue weighted by molar-refractivity contribution is 0.413. The molecule has 0 aromatic heterocycles. The van der Waals surface area contributed by atoms with Crippen LogP contribution in [0.1, 0.15) is 17.2 Å². The van der Waals surface area contributed by atoms with E-state index < -0.39 is 0 Å². The predicted octanol–water partition coefficient (Wildman–Crippen LogP) is 2.75. The average molecular weight is 243 g/mol. The highest BCUT2D eigenvalue weighted by molar-refractivity contribution is 5.39. The van der Waals surface area contributed by atoms with Gasteiger partial charge in [-0.3, -0.25) is 0 Å². The molecular weight excluding hydrogens is 226 g/mol. The van der Waals surface area contributed by atoms with Gasteiger partial charge in [0.1, 0.15) is 11.5 Å². The number of benzene rings is 2. The molecule has 0 aliphatic heterocycles. The van der Waals surface area contributed by atoms with Crippen LogP contribution >= 0.6 is 0 Å². The lowest BCUT2D eigenvalue weighted by Crippen LogP contribution is -2.11.